The van der Waals surface area contributed by atoms with Gasteiger partial charge in [0.05, 0.1) is 5.52 Å². The highest BCUT2D eigenvalue weighted by Gasteiger charge is 2.28. The summed E-state index contributed by atoms with van der Waals surface area (Å²) in [5.41, 5.74) is 2.16. The second-order valence-electron chi connectivity index (χ2n) is 5.94. The molecule has 118 valence electrons. The van der Waals surface area contributed by atoms with Crippen LogP contribution in [0, 0.1) is 6.92 Å². The lowest BCUT2D eigenvalue weighted by molar-refractivity contribution is 0.377. The zero-order valence-corrected chi connectivity index (χ0v) is 13.4. The zero-order chi connectivity index (χ0) is 15.7. The summed E-state index contributed by atoms with van der Waals surface area (Å²) in [5.74, 6) is 0.717. The van der Waals surface area contributed by atoms with Crippen LogP contribution >= 0.6 is 0 Å². The Balaban J connectivity index is 2.13. The predicted octanol–water partition coefficient (Wildman–Crippen LogP) is 1.59. The Hall–Kier alpha value is -1.95. The molecule has 6 nitrogen and oxygen atoms in total. The van der Waals surface area contributed by atoms with Gasteiger partial charge in [0.15, 0.2) is 5.82 Å². The number of rotatable bonds is 3. The second kappa shape index (κ2) is 6.04. The molecule has 2 aromatic heterocycles. The number of hydrogen-bond donors (Lipinski definition) is 2. The van der Waals surface area contributed by atoms with Crippen LogP contribution < -0.4 is 15.9 Å². The minimum atomic E-state index is -0.311. The number of anilines is 1. The van der Waals surface area contributed by atoms with Gasteiger partial charge in [-0.05, 0) is 31.9 Å². The molecule has 0 aromatic carbocycles. The van der Waals surface area contributed by atoms with Crippen LogP contribution in [0.15, 0.2) is 16.9 Å². The molecule has 0 spiro atoms. The van der Waals surface area contributed by atoms with E-state index in [-0.39, 0.29) is 5.69 Å². The van der Waals surface area contributed by atoms with Crippen LogP contribution in [-0.2, 0) is 0 Å². The molecule has 1 unspecified atom stereocenters. The van der Waals surface area contributed by atoms with Crippen molar-refractivity contribution in [3.05, 3.63) is 28.3 Å². The third-order valence-corrected chi connectivity index (χ3v) is 4.43. The Labute approximate surface area is 130 Å². The van der Waals surface area contributed by atoms with Crippen molar-refractivity contribution in [2.45, 2.75) is 45.7 Å². The van der Waals surface area contributed by atoms with E-state index < -0.39 is 0 Å². The van der Waals surface area contributed by atoms with Gasteiger partial charge >= 0.3 is 5.69 Å². The molecule has 1 aliphatic rings. The highest BCUT2D eigenvalue weighted by Crippen LogP contribution is 2.25. The lowest BCUT2D eigenvalue weighted by Crippen LogP contribution is -2.56. The quantitative estimate of drug-likeness (QED) is 0.900. The predicted molar refractivity (Wildman–Crippen MR) is 88.4 cm³/mol. The van der Waals surface area contributed by atoms with Crippen molar-refractivity contribution >= 4 is 16.9 Å². The van der Waals surface area contributed by atoms with Gasteiger partial charge in [-0.3, -0.25) is 0 Å². The number of aromatic nitrogens is 3. The third kappa shape index (κ3) is 2.70. The summed E-state index contributed by atoms with van der Waals surface area (Å²) in [5, 5.41) is 3.57. The normalized spacial score (nSPS) is 22.2. The summed E-state index contributed by atoms with van der Waals surface area (Å²) in [7, 11) is 0. The molecule has 2 N–H and O–H groups in total. The average Bonchev–Trinajstić information content (AvgIpc) is 2.54. The van der Waals surface area contributed by atoms with E-state index in [0.29, 0.717) is 17.9 Å². The lowest BCUT2D eigenvalue weighted by Gasteiger charge is -2.40. The summed E-state index contributed by atoms with van der Waals surface area (Å²) < 4.78 is 0. The van der Waals surface area contributed by atoms with Crippen molar-refractivity contribution in [2.75, 3.05) is 18.0 Å². The second-order valence-corrected chi connectivity index (χ2v) is 5.94. The molecule has 0 aliphatic carbocycles. The summed E-state index contributed by atoms with van der Waals surface area (Å²) in [6, 6.07) is 4.57. The Morgan fingerprint density at radius 2 is 2.09 bits per heavy atom. The standard InChI is InChI=1S/C16H23N5O/c1-4-11-9-21(12(5-2)8-17-11)15-14-13(19-16(22)20-15)7-6-10(3)18-14/h6-7,11-12,17H,4-5,8-9H2,1-3H3,(H,19,20,22)/t11-,12?/m1/s1. The molecule has 22 heavy (non-hydrogen) atoms. The Bertz CT molecular complexity index is 726. The first-order chi connectivity index (χ1) is 10.6. The van der Waals surface area contributed by atoms with E-state index in [1.54, 1.807) is 0 Å². The first-order valence-electron chi connectivity index (χ1n) is 8.00. The van der Waals surface area contributed by atoms with Crippen LogP contribution in [0.3, 0.4) is 0 Å². The molecular formula is C16H23N5O. The first kappa shape index (κ1) is 15.0. The molecule has 0 saturated carbocycles. The van der Waals surface area contributed by atoms with Gasteiger partial charge in [-0.15, -0.1) is 0 Å². The number of aromatic amines is 1. The topological polar surface area (TPSA) is 73.9 Å². The molecule has 1 fully saturated rings. The maximum absolute atomic E-state index is 11.9. The molecule has 1 aliphatic heterocycles. The monoisotopic (exact) mass is 301 g/mol. The highest BCUT2D eigenvalue weighted by atomic mass is 16.1. The number of aryl methyl sites for hydroxylation is 1. The largest absolute Gasteiger partial charge is 0.349 e. The fraction of sp³-hybridized carbons (Fsp3) is 0.562. The van der Waals surface area contributed by atoms with E-state index in [1.807, 2.05) is 19.1 Å². The van der Waals surface area contributed by atoms with Gasteiger partial charge < -0.3 is 15.2 Å². The third-order valence-electron chi connectivity index (χ3n) is 4.43. The SMILES string of the molecule is CCC1CN[C@H](CC)CN1c1nc(=O)[nH]c2ccc(C)nc12. The Morgan fingerprint density at radius 1 is 1.27 bits per heavy atom. The molecule has 1 saturated heterocycles. The van der Waals surface area contributed by atoms with Crippen molar-refractivity contribution in [1.82, 2.24) is 20.3 Å². The van der Waals surface area contributed by atoms with Crippen LogP contribution in [0.4, 0.5) is 5.82 Å². The Kier molecular flexibility index (Phi) is 4.11. The zero-order valence-electron chi connectivity index (χ0n) is 13.4. The van der Waals surface area contributed by atoms with Crippen molar-refractivity contribution < 1.29 is 0 Å². The number of fused-ring (bicyclic) bond motifs is 1. The maximum Gasteiger partial charge on any atom is 0.347 e. The number of hydrogen-bond acceptors (Lipinski definition) is 5. The van der Waals surface area contributed by atoms with Gasteiger partial charge in [-0.25, -0.2) is 9.78 Å². The minimum Gasteiger partial charge on any atom is -0.349 e. The minimum absolute atomic E-state index is 0.311. The molecule has 2 atom stereocenters. The summed E-state index contributed by atoms with van der Waals surface area (Å²) in [6.07, 6.45) is 2.06. The van der Waals surface area contributed by atoms with E-state index in [4.69, 9.17) is 0 Å². The molecular weight excluding hydrogens is 278 g/mol. The Morgan fingerprint density at radius 3 is 2.82 bits per heavy atom. The summed E-state index contributed by atoms with van der Waals surface area (Å²) in [6.45, 7) is 8.07. The molecule has 2 aromatic rings. The van der Waals surface area contributed by atoms with E-state index in [9.17, 15) is 4.79 Å². The fourth-order valence-electron chi connectivity index (χ4n) is 3.08. The van der Waals surface area contributed by atoms with Gasteiger partial charge in [-0.1, -0.05) is 13.8 Å². The number of nitrogens with one attached hydrogen (secondary N) is 2. The maximum atomic E-state index is 11.9. The van der Waals surface area contributed by atoms with Crippen LogP contribution in [0.2, 0.25) is 0 Å². The van der Waals surface area contributed by atoms with Gasteiger partial charge in [0.1, 0.15) is 5.52 Å². The molecule has 0 amide bonds. The lowest BCUT2D eigenvalue weighted by atomic mass is 10.0. The van der Waals surface area contributed by atoms with Crippen molar-refractivity contribution in [2.24, 2.45) is 0 Å². The van der Waals surface area contributed by atoms with Crippen LogP contribution in [0.5, 0.6) is 0 Å². The molecule has 0 radical (unpaired) electrons. The fourth-order valence-corrected chi connectivity index (χ4v) is 3.08. The van der Waals surface area contributed by atoms with Gasteiger partial charge in [0, 0.05) is 30.9 Å². The summed E-state index contributed by atoms with van der Waals surface area (Å²) >= 11 is 0. The van der Waals surface area contributed by atoms with Crippen molar-refractivity contribution in [3.8, 4) is 0 Å². The number of pyridine rings is 1. The van der Waals surface area contributed by atoms with Crippen LogP contribution in [0.1, 0.15) is 32.4 Å². The highest BCUT2D eigenvalue weighted by molar-refractivity contribution is 5.85. The number of piperazine rings is 1. The van der Waals surface area contributed by atoms with Crippen LogP contribution in [-0.4, -0.2) is 40.1 Å². The molecule has 3 heterocycles. The van der Waals surface area contributed by atoms with Gasteiger partial charge in [-0.2, -0.15) is 4.98 Å². The number of nitrogens with zero attached hydrogens (tertiary/aromatic N) is 3. The molecule has 0 bridgehead atoms. The van der Waals surface area contributed by atoms with Gasteiger partial charge in [0.25, 0.3) is 0 Å². The average molecular weight is 301 g/mol. The number of H-pyrrole nitrogens is 1. The van der Waals surface area contributed by atoms with E-state index in [1.165, 1.54) is 0 Å². The van der Waals surface area contributed by atoms with Crippen molar-refractivity contribution in [3.63, 3.8) is 0 Å². The molecule has 3 rings (SSSR count). The smallest absolute Gasteiger partial charge is 0.347 e. The van der Waals surface area contributed by atoms with Crippen molar-refractivity contribution in [1.29, 1.82) is 0 Å². The van der Waals surface area contributed by atoms with E-state index in [2.05, 4.69) is 39.0 Å². The first-order valence-corrected chi connectivity index (χ1v) is 8.00. The van der Waals surface area contributed by atoms with E-state index >= 15 is 0 Å². The summed E-state index contributed by atoms with van der Waals surface area (Å²) in [4.78, 5) is 25.9. The van der Waals surface area contributed by atoms with Crippen LogP contribution in [0.25, 0.3) is 11.0 Å². The molecule has 6 heteroatoms. The van der Waals surface area contributed by atoms with E-state index in [0.717, 1.165) is 42.7 Å². The van der Waals surface area contributed by atoms with Gasteiger partial charge in [0.2, 0.25) is 0 Å².